The third-order valence-corrected chi connectivity index (χ3v) is 4.51. The lowest BCUT2D eigenvalue weighted by Crippen LogP contribution is -2.39. The lowest BCUT2D eigenvalue weighted by Gasteiger charge is -2.23. The minimum absolute atomic E-state index is 0.00870. The van der Waals surface area contributed by atoms with Gasteiger partial charge in [-0.1, -0.05) is 6.07 Å². The van der Waals surface area contributed by atoms with E-state index >= 15 is 0 Å². The van der Waals surface area contributed by atoms with E-state index in [9.17, 15) is 9.59 Å². The smallest absolute Gasteiger partial charge is 0.240 e. The summed E-state index contributed by atoms with van der Waals surface area (Å²) in [6, 6.07) is 13.4. The molecule has 2 heterocycles. The van der Waals surface area contributed by atoms with Gasteiger partial charge in [0.1, 0.15) is 6.54 Å². The molecule has 1 saturated heterocycles. The van der Waals surface area contributed by atoms with Crippen molar-refractivity contribution in [3.05, 3.63) is 54.4 Å². The van der Waals surface area contributed by atoms with Crippen LogP contribution >= 0.6 is 0 Å². The first-order valence-corrected chi connectivity index (χ1v) is 8.93. The monoisotopic (exact) mass is 352 g/mol. The Balaban J connectivity index is 1.61. The molecule has 6 nitrogen and oxygen atoms in total. The fraction of sp³-hybridized carbons (Fsp3) is 0.350. The molecular weight excluding hydrogens is 328 g/mol. The minimum atomic E-state index is -0.213. The molecular formula is C20H24N4O2. The van der Waals surface area contributed by atoms with E-state index in [1.54, 1.807) is 6.20 Å². The number of nitrogens with one attached hydrogen (secondary N) is 1. The van der Waals surface area contributed by atoms with Crippen molar-refractivity contribution in [2.24, 2.45) is 0 Å². The van der Waals surface area contributed by atoms with Crippen LogP contribution in [0.3, 0.4) is 0 Å². The lowest BCUT2D eigenvalue weighted by atomic mass is 10.2. The van der Waals surface area contributed by atoms with Crippen molar-refractivity contribution in [1.82, 2.24) is 10.3 Å². The van der Waals surface area contributed by atoms with Gasteiger partial charge in [0.25, 0.3) is 0 Å². The zero-order valence-electron chi connectivity index (χ0n) is 15.0. The maximum Gasteiger partial charge on any atom is 0.240 e. The number of hydrogen-bond acceptors (Lipinski definition) is 4. The van der Waals surface area contributed by atoms with Gasteiger partial charge in [-0.3, -0.25) is 14.6 Å². The largest absolute Gasteiger partial charge is 0.372 e. The standard InChI is InChI=1S/C20H24N4O2/c1-16(25)24(15-20(26)22-14-17-6-2-3-11-21-17)19-9-7-18(8-10-19)23-12-4-5-13-23/h2-3,6-11H,4-5,12-15H2,1H3,(H,22,26). The van der Waals surface area contributed by atoms with Gasteiger partial charge in [0.2, 0.25) is 11.8 Å². The number of nitrogens with zero attached hydrogens (tertiary/aromatic N) is 3. The van der Waals surface area contributed by atoms with Crippen molar-refractivity contribution in [1.29, 1.82) is 0 Å². The Hall–Kier alpha value is -2.89. The van der Waals surface area contributed by atoms with Crippen molar-refractivity contribution in [2.45, 2.75) is 26.3 Å². The number of rotatable bonds is 6. The van der Waals surface area contributed by atoms with E-state index in [0.29, 0.717) is 6.54 Å². The van der Waals surface area contributed by atoms with Gasteiger partial charge in [-0.25, -0.2) is 0 Å². The quantitative estimate of drug-likeness (QED) is 0.867. The number of hydrogen-bond donors (Lipinski definition) is 1. The van der Waals surface area contributed by atoms with E-state index in [1.165, 1.54) is 24.7 Å². The van der Waals surface area contributed by atoms with E-state index in [4.69, 9.17) is 0 Å². The van der Waals surface area contributed by atoms with Crippen LogP contribution in [0.15, 0.2) is 48.7 Å². The highest BCUT2D eigenvalue weighted by atomic mass is 16.2. The van der Waals surface area contributed by atoms with Crippen LogP contribution in [0.5, 0.6) is 0 Å². The second kappa shape index (κ2) is 8.47. The number of anilines is 2. The van der Waals surface area contributed by atoms with E-state index in [1.807, 2.05) is 42.5 Å². The molecule has 0 saturated carbocycles. The second-order valence-electron chi connectivity index (χ2n) is 6.41. The first kappa shape index (κ1) is 17.9. The highest BCUT2D eigenvalue weighted by Gasteiger charge is 2.17. The normalized spacial score (nSPS) is 13.5. The molecule has 1 aromatic heterocycles. The van der Waals surface area contributed by atoms with Crippen molar-refractivity contribution in [2.75, 3.05) is 29.4 Å². The van der Waals surface area contributed by atoms with Gasteiger partial charge < -0.3 is 15.1 Å². The Bertz CT molecular complexity index is 740. The van der Waals surface area contributed by atoms with Crippen LogP contribution in [-0.4, -0.2) is 36.4 Å². The number of carbonyl (C=O) groups excluding carboxylic acids is 2. The first-order chi connectivity index (χ1) is 12.6. The van der Waals surface area contributed by atoms with Crippen LogP contribution in [-0.2, 0) is 16.1 Å². The van der Waals surface area contributed by atoms with E-state index in [0.717, 1.165) is 30.2 Å². The summed E-state index contributed by atoms with van der Waals surface area (Å²) < 4.78 is 0. The second-order valence-corrected chi connectivity index (χ2v) is 6.41. The zero-order chi connectivity index (χ0) is 18.4. The molecule has 1 aliphatic heterocycles. The van der Waals surface area contributed by atoms with Gasteiger partial charge >= 0.3 is 0 Å². The number of aromatic nitrogens is 1. The highest BCUT2D eigenvalue weighted by Crippen LogP contribution is 2.24. The average molecular weight is 352 g/mol. The topological polar surface area (TPSA) is 65.5 Å². The Morgan fingerprint density at radius 3 is 2.46 bits per heavy atom. The molecule has 0 aliphatic carbocycles. The number of benzene rings is 1. The van der Waals surface area contributed by atoms with E-state index in [-0.39, 0.29) is 18.4 Å². The predicted molar refractivity (Wildman–Crippen MR) is 102 cm³/mol. The molecule has 3 rings (SSSR count). The third kappa shape index (κ3) is 4.59. The average Bonchev–Trinajstić information content (AvgIpc) is 3.20. The molecule has 0 atom stereocenters. The number of amides is 2. The third-order valence-electron chi connectivity index (χ3n) is 4.51. The van der Waals surface area contributed by atoms with Crippen molar-refractivity contribution >= 4 is 23.2 Å². The molecule has 2 aromatic rings. The van der Waals surface area contributed by atoms with Crippen LogP contribution in [0.1, 0.15) is 25.5 Å². The summed E-state index contributed by atoms with van der Waals surface area (Å²) >= 11 is 0. The Kier molecular flexibility index (Phi) is 5.84. The summed E-state index contributed by atoms with van der Waals surface area (Å²) in [5.41, 5.74) is 2.67. The maximum atomic E-state index is 12.2. The van der Waals surface area contributed by atoms with Gasteiger partial charge in [0.05, 0.1) is 12.2 Å². The molecule has 6 heteroatoms. The summed E-state index contributed by atoms with van der Waals surface area (Å²) in [6.45, 7) is 3.96. The van der Waals surface area contributed by atoms with Crippen LogP contribution in [0.2, 0.25) is 0 Å². The number of pyridine rings is 1. The Morgan fingerprint density at radius 1 is 1.12 bits per heavy atom. The molecule has 136 valence electrons. The van der Waals surface area contributed by atoms with Gasteiger partial charge in [-0.05, 0) is 49.2 Å². The SMILES string of the molecule is CC(=O)N(CC(=O)NCc1ccccn1)c1ccc(N2CCCC2)cc1. The molecule has 0 unspecified atom stereocenters. The summed E-state index contributed by atoms with van der Waals surface area (Å²) in [5.74, 6) is -0.374. The van der Waals surface area contributed by atoms with E-state index < -0.39 is 0 Å². The van der Waals surface area contributed by atoms with Gasteiger partial charge in [-0.2, -0.15) is 0 Å². The van der Waals surface area contributed by atoms with Gasteiger partial charge in [-0.15, -0.1) is 0 Å². The Morgan fingerprint density at radius 2 is 1.85 bits per heavy atom. The zero-order valence-corrected chi connectivity index (χ0v) is 15.0. The summed E-state index contributed by atoms with van der Waals surface area (Å²) in [7, 11) is 0. The van der Waals surface area contributed by atoms with Crippen LogP contribution < -0.4 is 15.1 Å². The molecule has 1 aromatic carbocycles. The highest BCUT2D eigenvalue weighted by molar-refractivity contribution is 5.97. The number of carbonyl (C=O) groups is 2. The fourth-order valence-corrected chi connectivity index (χ4v) is 3.09. The predicted octanol–water partition coefficient (Wildman–Crippen LogP) is 2.35. The molecule has 1 N–H and O–H groups in total. The molecule has 0 spiro atoms. The first-order valence-electron chi connectivity index (χ1n) is 8.93. The molecule has 1 fully saturated rings. The molecule has 26 heavy (non-hydrogen) atoms. The van der Waals surface area contributed by atoms with Crippen molar-refractivity contribution in [3.8, 4) is 0 Å². The van der Waals surface area contributed by atoms with Crippen LogP contribution in [0.25, 0.3) is 0 Å². The van der Waals surface area contributed by atoms with Crippen LogP contribution in [0, 0.1) is 0 Å². The summed E-state index contributed by atoms with van der Waals surface area (Å²) in [5, 5.41) is 2.81. The Labute approximate surface area is 153 Å². The van der Waals surface area contributed by atoms with Gasteiger partial charge in [0, 0.05) is 37.6 Å². The summed E-state index contributed by atoms with van der Waals surface area (Å²) in [4.78, 5) is 32.3. The lowest BCUT2D eigenvalue weighted by molar-refractivity contribution is -0.123. The molecule has 2 amide bonds. The molecule has 0 radical (unpaired) electrons. The van der Waals surface area contributed by atoms with Crippen molar-refractivity contribution in [3.63, 3.8) is 0 Å². The fourth-order valence-electron chi connectivity index (χ4n) is 3.09. The van der Waals surface area contributed by atoms with Crippen molar-refractivity contribution < 1.29 is 9.59 Å². The molecule has 1 aliphatic rings. The van der Waals surface area contributed by atoms with Crippen LogP contribution in [0.4, 0.5) is 11.4 Å². The van der Waals surface area contributed by atoms with E-state index in [2.05, 4.69) is 15.2 Å². The van der Waals surface area contributed by atoms with Gasteiger partial charge in [0.15, 0.2) is 0 Å². The minimum Gasteiger partial charge on any atom is -0.372 e. The summed E-state index contributed by atoms with van der Waals surface area (Å²) in [6.07, 6.45) is 4.13. The molecule has 0 bridgehead atoms. The maximum absolute atomic E-state index is 12.2.